The number of rotatable bonds is 5. The maximum Gasteiger partial charge on any atom is 0.254 e. The highest BCUT2D eigenvalue weighted by Gasteiger charge is 2.20. The molecule has 4 heteroatoms. The molecule has 1 amide bonds. The molecule has 0 saturated carbocycles. The van der Waals surface area contributed by atoms with E-state index < -0.39 is 0 Å². The maximum atomic E-state index is 12.6. The monoisotopic (exact) mass is 278 g/mol. The van der Waals surface area contributed by atoms with Crippen LogP contribution >= 0.6 is 12.2 Å². The normalized spacial score (nSPS) is 10.6. The molecule has 0 bridgehead atoms. The van der Waals surface area contributed by atoms with Gasteiger partial charge in [0.15, 0.2) is 0 Å². The van der Waals surface area contributed by atoms with E-state index in [0.29, 0.717) is 18.0 Å². The van der Waals surface area contributed by atoms with Crippen LogP contribution in [0, 0.1) is 13.8 Å². The molecule has 2 N–H and O–H groups in total. The van der Waals surface area contributed by atoms with Gasteiger partial charge in [0.25, 0.3) is 5.91 Å². The summed E-state index contributed by atoms with van der Waals surface area (Å²) < 4.78 is 0. The van der Waals surface area contributed by atoms with Gasteiger partial charge in [-0.1, -0.05) is 24.4 Å². The number of carbonyl (C=O) groups is 1. The topological polar surface area (TPSA) is 46.3 Å². The van der Waals surface area contributed by atoms with Crippen LogP contribution in [0.5, 0.6) is 0 Å². The summed E-state index contributed by atoms with van der Waals surface area (Å²) in [6.45, 7) is 8.57. The maximum absolute atomic E-state index is 12.6. The molecule has 0 spiro atoms. The molecule has 104 valence electrons. The van der Waals surface area contributed by atoms with Crippen molar-refractivity contribution in [2.45, 2.75) is 40.2 Å². The number of thiocarbonyl (C=S) groups is 1. The van der Waals surface area contributed by atoms with Gasteiger partial charge in [-0.15, -0.1) is 0 Å². The first kappa shape index (κ1) is 15.6. The average molecular weight is 278 g/mol. The number of nitrogens with two attached hydrogens (primary N) is 1. The predicted molar refractivity (Wildman–Crippen MR) is 83.5 cm³/mol. The quantitative estimate of drug-likeness (QED) is 0.842. The first-order valence-corrected chi connectivity index (χ1v) is 6.91. The first-order valence-electron chi connectivity index (χ1n) is 6.50. The molecule has 0 saturated heterocycles. The van der Waals surface area contributed by atoms with E-state index in [4.69, 9.17) is 18.0 Å². The Bertz CT molecular complexity index is 483. The summed E-state index contributed by atoms with van der Waals surface area (Å²) in [6, 6.07) is 5.94. The zero-order valence-electron chi connectivity index (χ0n) is 12.1. The molecule has 0 aliphatic rings. The van der Waals surface area contributed by atoms with Gasteiger partial charge in [-0.2, -0.15) is 0 Å². The van der Waals surface area contributed by atoms with E-state index in [1.165, 1.54) is 0 Å². The van der Waals surface area contributed by atoms with E-state index in [-0.39, 0.29) is 11.9 Å². The Morgan fingerprint density at radius 2 is 2.00 bits per heavy atom. The van der Waals surface area contributed by atoms with Crippen molar-refractivity contribution >= 4 is 23.1 Å². The van der Waals surface area contributed by atoms with Gasteiger partial charge in [0.05, 0.1) is 4.99 Å². The molecular weight excluding hydrogens is 256 g/mol. The average Bonchev–Trinajstić information content (AvgIpc) is 2.31. The molecule has 0 heterocycles. The van der Waals surface area contributed by atoms with Crippen molar-refractivity contribution in [2.75, 3.05) is 6.54 Å². The van der Waals surface area contributed by atoms with Gasteiger partial charge in [0.1, 0.15) is 0 Å². The van der Waals surface area contributed by atoms with Crippen LogP contribution in [0.25, 0.3) is 0 Å². The van der Waals surface area contributed by atoms with Crippen LogP contribution in [0.1, 0.15) is 41.8 Å². The van der Waals surface area contributed by atoms with Crippen molar-refractivity contribution in [3.8, 4) is 0 Å². The molecule has 19 heavy (non-hydrogen) atoms. The number of hydrogen-bond acceptors (Lipinski definition) is 2. The van der Waals surface area contributed by atoms with Crippen molar-refractivity contribution < 1.29 is 4.79 Å². The third-order valence-corrected chi connectivity index (χ3v) is 3.52. The van der Waals surface area contributed by atoms with Gasteiger partial charge in [-0.05, 0) is 44.9 Å². The fourth-order valence-corrected chi connectivity index (χ4v) is 2.05. The molecule has 0 unspecified atom stereocenters. The number of carbonyl (C=O) groups excluding carboxylic acids is 1. The molecule has 0 aliphatic carbocycles. The lowest BCUT2D eigenvalue weighted by molar-refractivity contribution is 0.0711. The molecular formula is C15H22N2OS. The molecule has 0 aromatic heterocycles. The molecule has 0 radical (unpaired) electrons. The fraction of sp³-hybridized carbons (Fsp3) is 0.467. The van der Waals surface area contributed by atoms with Crippen LogP contribution in [-0.4, -0.2) is 28.4 Å². The number of aryl methyl sites for hydroxylation is 1. The molecule has 3 nitrogen and oxygen atoms in total. The Morgan fingerprint density at radius 1 is 1.37 bits per heavy atom. The SMILES string of the molecule is Cc1cccc(C(=O)N(CCC(N)=S)C(C)C)c1C. The van der Waals surface area contributed by atoms with Gasteiger partial charge in [-0.3, -0.25) is 4.79 Å². The molecule has 0 atom stereocenters. The highest BCUT2D eigenvalue weighted by Crippen LogP contribution is 2.16. The van der Waals surface area contributed by atoms with Crippen molar-refractivity contribution in [3.63, 3.8) is 0 Å². The molecule has 1 aromatic carbocycles. The van der Waals surface area contributed by atoms with Gasteiger partial charge >= 0.3 is 0 Å². The summed E-state index contributed by atoms with van der Waals surface area (Å²) in [5.74, 6) is 0.0486. The van der Waals surface area contributed by atoms with Gasteiger partial charge in [0, 0.05) is 24.6 Å². The zero-order valence-corrected chi connectivity index (χ0v) is 12.9. The lowest BCUT2D eigenvalue weighted by atomic mass is 10.0. The minimum Gasteiger partial charge on any atom is -0.393 e. The van der Waals surface area contributed by atoms with E-state index in [9.17, 15) is 4.79 Å². The van der Waals surface area contributed by atoms with Crippen molar-refractivity contribution in [3.05, 3.63) is 34.9 Å². The molecule has 1 aromatic rings. The summed E-state index contributed by atoms with van der Waals surface area (Å²) in [7, 11) is 0. The van der Waals surface area contributed by atoms with Crippen molar-refractivity contribution in [1.82, 2.24) is 4.90 Å². The fourth-order valence-electron chi connectivity index (χ4n) is 1.96. The largest absolute Gasteiger partial charge is 0.393 e. The van der Waals surface area contributed by atoms with Crippen LogP contribution < -0.4 is 5.73 Å². The van der Waals surface area contributed by atoms with Gasteiger partial charge in [-0.25, -0.2) is 0 Å². The number of amides is 1. The summed E-state index contributed by atoms with van der Waals surface area (Å²) in [6.07, 6.45) is 0.560. The summed E-state index contributed by atoms with van der Waals surface area (Å²) >= 11 is 4.89. The molecule has 1 rings (SSSR count). The second-order valence-corrected chi connectivity index (χ2v) is 5.58. The zero-order chi connectivity index (χ0) is 14.6. The van der Waals surface area contributed by atoms with Crippen molar-refractivity contribution in [1.29, 1.82) is 0 Å². The van der Waals surface area contributed by atoms with Crippen LogP contribution in [0.15, 0.2) is 18.2 Å². The minimum atomic E-state index is 0.0486. The lowest BCUT2D eigenvalue weighted by Gasteiger charge is -2.27. The minimum absolute atomic E-state index is 0.0486. The highest BCUT2D eigenvalue weighted by atomic mass is 32.1. The molecule has 0 fully saturated rings. The Balaban J connectivity index is 2.99. The van der Waals surface area contributed by atoms with Crippen LogP contribution in [0.2, 0.25) is 0 Å². The Labute approximate surface area is 120 Å². The van der Waals surface area contributed by atoms with E-state index in [1.807, 2.05) is 50.8 Å². The first-order chi connectivity index (χ1) is 8.84. The third-order valence-electron chi connectivity index (χ3n) is 3.32. The lowest BCUT2D eigenvalue weighted by Crippen LogP contribution is -2.39. The van der Waals surface area contributed by atoms with Crippen molar-refractivity contribution in [2.24, 2.45) is 5.73 Å². The van der Waals surface area contributed by atoms with E-state index in [0.717, 1.165) is 16.7 Å². The Hall–Kier alpha value is -1.42. The standard InChI is InChI=1S/C15H22N2OS/c1-10(2)17(9-8-14(16)19)15(18)13-7-5-6-11(3)12(13)4/h5-7,10H,8-9H2,1-4H3,(H2,16,19). The predicted octanol–water partition coefficient (Wildman–Crippen LogP) is 2.83. The van der Waals surface area contributed by atoms with Crippen LogP contribution in [-0.2, 0) is 0 Å². The number of benzene rings is 1. The van der Waals surface area contributed by atoms with Crippen LogP contribution in [0.3, 0.4) is 0 Å². The summed E-state index contributed by atoms with van der Waals surface area (Å²) in [5, 5.41) is 0. The second-order valence-electron chi connectivity index (χ2n) is 5.06. The summed E-state index contributed by atoms with van der Waals surface area (Å²) in [4.78, 5) is 14.9. The highest BCUT2D eigenvalue weighted by molar-refractivity contribution is 7.80. The smallest absolute Gasteiger partial charge is 0.254 e. The summed E-state index contributed by atoms with van der Waals surface area (Å²) in [5.41, 5.74) is 8.45. The Kier molecular flexibility index (Phi) is 5.48. The number of nitrogens with zero attached hydrogens (tertiary/aromatic N) is 1. The van der Waals surface area contributed by atoms with E-state index in [2.05, 4.69) is 0 Å². The Morgan fingerprint density at radius 3 is 2.53 bits per heavy atom. The molecule has 0 aliphatic heterocycles. The number of hydrogen-bond donors (Lipinski definition) is 1. The van der Waals surface area contributed by atoms with Gasteiger partial charge < -0.3 is 10.6 Å². The third kappa shape index (κ3) is 4.03. The second kappa shape index (κ2) is 6.66. The van der Waals surface area contributed by atoms with Gasteiger partial charge in [0.2, 0.25) is 0 Å². The van der Waals surface area contributed by atoms with E-state index >= 15 is 0 Å². The van der Waals surface area contributed by atoms with Crippen LogP contribution in [0.4, 0.5) is 0 Å². The van der Waals surface area contributed by atoms with E-state index in [1.54, 1.807) is 0 Å².